The van der Waals surface area contributed by atoms with Gasteiger partial charge in [-0.25, -0.2) is 4.98 Å². The molecule has 0 saturated carbocycles. The maximum Gasteiger partial charge on any atom is 0.242 e. The maximum absolute atomic E-state index is 11.3. The number of H-pyrrole nitrogens is 1. The molecule has 0 aliphatic rings. The third kappa shape index (κ3) is 3.70. The maximum atomic E-state index is 11.3. The highest BCUT2D eigenvalue weighted by molar-refractivity contribution is 5.86. The molecule has 1 heterocycles. The summed E-state index contributed by atoms with van der Waals surface area (Å²) in [6.45, 7) is -0.495. The predicted molar refractivity (Wildman–Crippen MR) is 55.1 cm³/mol. The van der Waals surface area contributed by atoms with Gasteiger partial charge in [0.05, 0.1) is 12.9 Å². The van der Waals surface area contributed by atoms with Crippen molar-refractivity contribution < 1.29 is 14.7 Å². The smallest absolute Gasteiger partial charge is 0.242 e. The number of nitrogens with two attached hydrogens (primary N) is 1. The molecule has 1 aromatic rings. The fourth-order valence-electron chi connectivity index (χ4n) is 1.14. The van der Waals surface area contributed by atoms with E-state index in [1.807, 2.05) is 0 Å². The van der Waals surface area contributed by atoms with Gasteiger partial charge in [0.25, 0.3) is 0 Å². The molecule has 7 heteroatoms. The van der Waals surface area contributed by atoms with E-state index in [9.17, 15) is 9.59 Å². The zero-order valence-electron chi connectivity index (χ0n) is 8.64. The van der Waals surface area contributed by atoms with Gasteiger partial charge in [-0.2, -0.15) is 0 Å². The average Bonchev–Trinajstić information content (AvgIpc) is 2.75. The molecule has 0 radical (unpaired) electrons. The Bertz CT molecular complexity index is 350. The van der Waals surface area contributed by atoms with Crippen molar-refractivity contribution in [2.45, 2.75) is 18.9 Å². The third-order valence-corrected chi connectivity index (χ3v) is 2.04. The Morgan fingerprint density at radius 2 is 2.38 bits per heavy atom. The Morgan fingerprint density at radius 3 is 2.88 bits per heavy atom. The predicted octanol–water partition coefficient (Wildman–Crippen LogP) is -1.70. The van der Waals surface area contributed by atoms with Gasteiger partial charge < -0.3 is 21.1 Å². The number of aliphatic hydroxyl groups is 1. The number of aliphatic hydroxyl groups excluding tert-OH is 1. The van der Waals surface area contributed by atoms with Crippen LogP contribution in [-0.4, -0.2) is 39.5 Å². The first-order valence-corrected chi connectivity index (χ1v) is 4.80. The van der Waals surface area contributed by atoms with Gasteiger partial charge in [-0.1, -0.05) is 0 Å². The second-order valence-electron chi connectivity index (χ2n) is 3.28. The van der Waals surface area contributed by atoms with Gasteiger partial charge in [-0.3, -0.25) is 9.59 Å². The number of nitrogens with one attached hydrogen (secondary N) is 2. The van der Waals surface area contributed by atoms with Crippen molar-refractivity contribution >= 4 is 11.8 Å². The Balaban J connectivity index is 2.33. The molecule has 16 heavy (non-hydrogen) atoms. The number of hydrogen-bond donors (Lipinski definition) is 4. The van der Waals surface area contributed by atoms with E-state index in [0.717, 1.165) is 5.69 Å². The van der Waals surface area contributed by atoms with Crippen LogP contribution in [0.3, 0.4) is 0 Å². The van der Waals surface area contributed by atoms with Crippen molar-refractivity contribution in [3.05, 3.63) is 18.2 Å². The van der Waals surface area contributed by atoms with E-state index in [-0.39, 0.29) is 12.3 Å². The minimum atomic E-state index is -1.02. The average molecular weight is 226 g/mol. The van der Waals surface area contributed by atoms with Gasteiger partial charge in [0.1, 0.15) is 6.04 Å². The summed E-state index contributed by atoms with van der Waals surface area (Å²) in [7, 11) is 0. The number of nitrogens with zero attached hydrogens (tertiary/aromatic N) is 1. The molecule has 0 aliphatic carbocycles. The summed E-state index contributed by atoms with van der Waals surface area (Å²) in [5.74, 6) is -1.09. The van der Waals surface area contributed by atoms with Crippen LogP contribution >= 0.6 is 0 Å². The Kier molecular flexibility index (Phi) is 4.46. The van der Waals surface area contributed by atoms with Crippen LogP contribution in [-0.2, 0) is 16.0 Å². The van der Waals surface area contributed by atoms with Crippen molar-refractivity contribution in [3.8, 4) is 0 Å². The molecule has 1 aromatic heterocycles. The van der Waals surface area contributed by atoms with Crippen LogP contribution in [0.4, 0.5) is 0 Å². The standard InChI is InChI=1S/C9H14N4O3/c10-9(16)7(4-14)13-8(15)2-1-6-3-11-5-12-6/h3,5,7,14H,1-2,4H2,(H2,10,16)(H,11,12)(H,13,15)/t7-/m0/s1. The van der Waals surface area contributed by atoms with Gasteiger partial charge in [0, 0.05) is 18.3 Å². The van der Waals surface area contributed by atoms with E-state index in [1.54, 1.807) is 6.20 Å². The molecular formula is C9H14N4O3. The van der Waals surface area contributed by atoms with Gasteiger partial charge in [0.15, 0.2) is 0 Å². The Morgan fingerprint density at radius 1 is 1.62 bits per heavy atom. The lowest BCUT2D eigenvalue weighted by atomic mass is 10.2. The number of carbonyl (C=O) groups is 2. The van der Waals surface area contributed by atoms with Crippen LogP contribution in [0.25, 0.3) is 0 Å². The largest absolute Gasteiger partial charge is 0.394 e. The van der Waals surface area contributed by atoms with Crippen molar-refractivity contribution in [3.63, 3.8) is 0 Å². The highest BCUT2D eigenvalue weighted by atomic mass is 16.3. The quantitative estimate of drug-likeness (QED) is 0.462. The molecule has 2 amide bonds. The highest BCUT2D eigenvalue weighted by Crippen LogP contribution is 1.97. The van der Waals surface area contributed by atoms with Crippen molar-refractivity contribution in [2.24, 2.45) is 5.73 Å². The first-order chi connectivity index (χ1) is 7.63. The van der Waals surface area contributed by atoms with Crippen LogP contribution in [0.2, 0.25) is 0 Å². The van der Waals surface area contributed by atoms with Gasteiger partial charge in [-0.05, 0) is 6.42 Å². The molecule has 7 nitrogen and oxygen atoms in total. The summed E-state index contributed by atoms with van der Waals surface area (Å²) in [6, 6.07) is -1.02. The summed E-state index contributed by atoms with van der Waals surface area (Å²) in [5.41, 5.74) is 5.78. The second kappa shape index (κ2) is 5.86. The lowest BCUT2D eigenvalue weighted by Crippen LogP contribution is -2.46. The molecule has 0 aromatic carbocycles. The fraction of sp³-hybridized carbons (Fsp3) is 0.444. The molecule has 0 saturated heterocycles. The number of aromatic nitrogens is 2. The number of hydrogen-bond acceptors (Lipinski definition) is 4. The number of aromatic amines is 1. The van der Waals surface area contributed by atoms with Crippen LogP contribution in [0.1, 0.15) is 12.1 Å². The number of imidazole rings is 1. The number of rotatable bonds is 6. The van der Waals surface area contributed by atoms with Gasteiger partial charge >= 0.3 is 0 Å². The first-order valence-electron chi connectivity index (χ1n) is 4.80. The zero-order valence-corrected chi connectivity index (χ0v) is 8.64. The summed E-state index contributed by atoms with van der Waals surface area (Å²) in [6.07, 6.45) is 3.83. The van der Waals surface area contributed by atoms with Crippen LogP contribution in [0.5, 0.6) is 0 Å². The molecule has 1 atom stereocenters. The molecule has 5 N–H and O–H groups in total. The van der Waals surface area contributed by atoms with E-state index >= 15 is 0 Å². The fourth-order valence-corrected chi connectivity index (χ4v) is 1.14. The lowest BCUT2D eigenvalue weighted by molar-refractivity contribution is -0.128. The van der Waals surface area contributed by atoms with E-state index in [0.29, 0.717) is 6.42 Å². The molecule has 0 spiro atoms. The van der Waals surface area contributed by atoms with Crippen molar-refractivity contribution in [2.75, 3.05) is 6.61 Å². The summed E-state index contributed by atoms with van der Waals surface area (Å²) < 4.78 is 0. The lowest BCUT2D eigenvalue weighted by Gasteiger charge is -2.11. The molecule has 0 bridgehead atoms. The Hall–Kier alpha value is -1.89. The number of amides is 2. The number of carbonyl (C=O) groups excluding carboxylic acids is 2. The van der Waals surface area contributed by atoms with E-state index < -0.39 is 18.6 Å². The minimum absolute atomic E-state index is 0.200. The molecule has 0 aliphatic heterocycles. The topological polar surface area (TPSA) is 121 Å². The summed E-state index contributed by atoms with van der Waals surface area (Å²) >= 11 is 0. The zero-order chi connectivity index (χ0) is 12.0. The third-order valence-electron chi connectivity index (χ3n) is 2.04. The van der Waals surface area contributed by atoms with Gasteiger partial charge in [-0.15, -0.1) is 0 Å². The number of aryl methyl sites for hydroxylation is 1. The van der Waals surface area contributed by atoms with Crippen LogP contribution < -0.4 is 11.1 Å². The summed E-state index contributed by atoms with van der Waals surface area (Å²) in [4.78, 5) is 28.7. The normalized spacial score (nSPS) is 12.1. The highest BCUT2D eigenvalue weighted by Gasteiger charge is 2.16. The Labute approximate surface area is 92.1 Å². The monoisotopic (exact) mass is 226 g/mol. The number of primary amides is 1. The molecular weight excluding hydrogens is 212 g/mol. The van der Waals surface area contributed by atoms with Crippen molar-refractivity contribution in [1.82, 2.24) is 15.3 Å². The second-order valence-corrected chi connectivity index (χ2v) is 3.28. The SMILES string of the molecule is NC(=O)[C@H](CO)NC(=O)CCc1cnc[nH]1. The van der Waals surface area contributed by atoms with E-state index in [1.165, 1.54) is 6.33 Å². The first kappa shape index (κ1) is 12.2. The van der Waals surface area contributed by atoms with Gasteiger partial charge in [0.2, 0.25) is 11.8 Å². The van der Waals surface area contributed by atoms with E-state index in [4.69, 9.17) is 10.8 Å². The molecule has 1 rings (SSSR count). The van der Waals surface area contributed by atoms with Crippen LogP contribution in [0.15, 0.2) is 12.5 Å². The van der Waals surface area contributed by atoms with Crippen LogP contribution in [0, 0.1) is 0 Å². The molecule has 88 valence electrons. The minimum Gasteiger partial charge on any atom is -0.394 e. The molecule has 0 unspecified atom stereocenters. The summed E-state index contributed by atoms with van der Waals surface area (Å²) in [5, 5.41) is 11.1. The molecule has 0 fully saturated rings. The van der Waals surface area contributed by atoms with E-state index in [2.05, 4.69) is 15.3 Å². The van der Waals surface area contributed by atoms with Crippen molar-refractivity contribution in [1.29, 1.82) is 0 Å².